The third-order valence-electron chi connectivity index (χ3n) is 3.22. The number of hydrogen-bond acceptors (Lipinski definition) is 3. The molecular weight excluding hydrogens is 224 g/mol. The molecule has 1 unspecified atom stereocenters. The molecule has 3 nitrogen and oxygen atoms in total. The average molecular weight is 250 g/mol. The van der Waals surface area contributed by atoms with E-state index in [9.17, 15) is 0 Å². The van der Waals surface area contributed by atoms with Crippen LogP contribution in [0.5, 0.6) is 5.75 Å². The monoisotopic (exact) mass is 250 g/mol. The number of benzene rings is 1. The van der Waals surface area contributed by atoms with Gasteiger partial charge in [-0.1, -0.05) is 13.0 Å². The summed E-state index contributed by atoms with van der Waals surface area (Å²) in [6.45, 7) is 5.23. The maximum atomic E-state index is 5.78. The molecule has 0 amide bonds. The minimum Gasteiger partial charge on any atom is -0.495 e. The van der Waals surface area contributed by atoms with Crippen LogP contribution in [-0.2, 0) is 6.42 Å². The fourth-order valence-corrected chi connectivity index (χ4v) is 2.02. The molecule has 3 heteroatoms. The Morgan fingerprint density at radius 1 is 1.39 bits per heavy atom. The minimum atomic E-state index is 0.280. The van der Waals surface area contributed by atoms with Gasteiger partial charge in [0.1, 0.15) is 5.75 Å². The van der Waals surface area contributed by atoms with Gasteiger partial charge < -0.3 is 15.4 Å². The number of ether oxygens (including phenoxy) is 1. The summed E-state index contributed by atoms with van der Waals surface area (Å²) in [6, 6.07) is 6.67. The summed E-state index contributed by atoms with van der Waals surface area (Å²) < 4.78 is 5.43. The van der Waals surface area contributed by atoms with Crippen LogP contribution in [0.25, 0.3) is 0 Å². The van der Waals surface area contributed by atoms with Crippen molar-refractivity contribution in [1.82, 2.24) is 0 Å². The van der Waals surface area contributed by atoms with Crippen LogP contribution in [0.4, 0.5) is 5.69 Å². The maximum Gasteiger partial charge on any atom is 0.142 e. The molecule has 2 N–H and O–H groups in total. The number of aryl methyl sites for hydroxylation is 1. The second kappa shape index (κ2) is 7.27. The van der Waals surface area contributed by atoms with E-state index in [2.05, 4.69) is 44.0 Å². The lowest BCUT2D eigenvalue weighted by molar-refractivity contribution is 0.414. The van der Waals surface area contributed by atoms with Crippen molar-refractivity contribution >= 4 is 5.69 Å². The first kappa shape index (κ1) is 14.8. The fourth-order valence-electron chi connectivity index (χ4n) is 2.02. The van der Waals surface area contributed by atoms with Gasteiger partial charge in [-0.3, -0.25) is 0 Å². The highest BCUT2D eigenvalue weighted by Crippen LogP contribution is 2.29. The van der Waals surface area contributed by atoms with Crippen LogP contribution in [0.3, 0.4) is 0 Å². The lowest BCUT2D eigenvalue weighted by Crippen LogP contribution is -2.22. The second-order valence-corrected chi connectivity index (χ2v) is 4.90. The molecule has 0 aliphatic carbocycles. The molecule has 0 radical (unpaired) electrons. The summed E-state index contributed by atoms with van der Waals surface area (Å²) >= 11 is 0. The number of hydrogen-bond donors (Lipinski definition) is 1. The van der Waals surface area contributed by atoms with Gasteiger partial charge in [-0.05, 0) is 43.9 Å². The number of anilines is 1. The van der Waals surface area contributed by atoms with Crippen LogP contribution in [0.1, 0.15) is 32.3 Å². The standard InChI is InChI=1S/C15H26N2O/c1-5-13-8-9-15(18-4)14(11-13)17(3)10-6-7-12(2)16/h8-9,11-12H,5-7,10,16H2,1-4H3. The molecule has 0 aliphatic heterocycles. The van der Waals surface area contributed by atoms with Gasteiger partial charge in [-0.15, -0.1) is 0 Å². The molecule has 0 heterocycles. The average Bonchev–Trinajstić information content (AvgIpc) is 2.37. The molecule has 0 spiro atoms. The van der Waals surface area contributed by atoms with Crippen molar-refractivity contribution in [2.24, 2.45) is 5.73 Å². The van der Waals surface area contributed by atoms with Gasteiger partial charge >= 0.3 is 0 Å². The van der Waals surface area contributed by atoms with E-state index in [1.54, 1.807) is 7.11 Å². The molecule has 0 saturated heterocycles. The first-order valence-electron chi connectivity index (χ1n) is 6.72. The smallest absolute Gasteiger partial charge is 0.142 e. The SMILES string of the molecule is CCc1ccc(OC)c(N(C)CCCC(C)N)c1. The maximum absolute atomic E-state index is 5.78. The van der Waals surface area contributed by atoms with E-state index in [1.165, 1.54) is 11.3 Å². The van der Waals surface area contributed by atoms with Crippen molar-refractivity contribution < 1.29 is 4.74 Å². The fraction of sp³-hybridized carbons (Fsp3) is 0.600. The first-order chi connectivity index (χ1) is 8.58. The van der Waals surface area contributed by atoms with E-state index in [-0.39, 0.29) is 6.04 Å². The lowest BCUT2D eigenvalue weighted by atomic mass is 10.1. The van der Waals surface area contributed by atoms with E-state index in [0.29, 0.717) is 0 Å². The van der Waals surface area contributed by atoms with Crippen molar-refractivity contribution in [3.63, 3.8) is 0 Å². The van der Waals surface area contributed by atoms with Crippen LogP contribution in [0, 0.1) is 0 Å². The van der Waals surface area contributed by atoms with E-state index >= 15 is 0 Å². The first-order valence-corrected chi connectivity index (χ1v) is 6.72. The van der Waals surface area contributed by atoms with Gasteiger partial charge in [0.05, 0.1) is 12.8 Å². The Morgan fingerprint density at radius 3 is 2.67 bits per heavy atom. The van der Waals surface area contributed by atoms with Gasteiger partial charge in [-0.2, -0.15) is 0 Å². The highest BCUT2D eigenvalue weighted by atomic mass is 16.5. The highest BCUT2D eigenvalue weighted by molar-refractivity contribution is 5.59. The molecule has 0 aromatic heterocycles. The second-order valence-electron chi connectivity index (χ2n) is 4.90. The van der Waals surface area contributed by atoms with Gasteiger partial charge in [-0.25, -0.2) is 0 Å². The predicted molar refractivity (Wildman–Crippen MR) is 78.5 cm³/mol. The van der Waals surface area contributed by atoms with Crippen LogP contribution >= 0.6 is 0 Å². The van der Waals surface area contributed by atoms with E-state index < -0.39 is 0 Å². The predicted octanol–water partition coefficient (Wildman–Crippen LogP) is 2.82. The van der Waals surface area contributed by atoms with Gasteiger partial charge in [0, 0.05) is 19.6 Å². The van der Waals surface area contributed by atoms with Gasteiger partial charge in [0.25, 0.3) is 0 Å². The molecule has 0 fully saturated rings. The topological polar surface area (TPSA) is 38.5 Å². The van der Waals surface area contributed by atoms with Crippen LogP contribution in [0.15, 0.2) is 18.2 Å². The zero-order valence-electron chi connectivity index (χ0n) is 12.1. The van der Waals surface area contributed by atoms with Crippen LogP contribution < -0.4 is 15.4 Å². The van der Waals surface area contributed by atoms with E-state index in [0.717, 1.165) is 31.6 Å². The van der Waals surface area contributed by atoms with Crippen molar-refractivity contribution in [2.45, 2.75) is 39.2 Å². The molecule has 1 atom stereocenters. The van der Waals surface area contributed by atoms with E-state index in [4.69, 9.17) is 10.5 Å². The molecule has 102 valence electrons. The van der Waals surface area contributed by atoms with Crippen molar-refractivity contribution in [3.8, 4) is 5.75 Å². The molecule has 0 bridgehead atoms. The Labute approximate surface area is 111 Å². The Kier molecular flexibility index (Phi) is 5.99. The summed E-state index contributed by atoms with van der Waals surface area (Å²) in [5.74, 6) is 0.940. The van der Waals surface area contributed by atoms with Crippen molar-refractivity contribution in [1.29, 1.82) is 0 Å². The van der Waals surface area contributed by atoms with Crippen LogP contribution in [-0.4, -0.2) is 26.7 Å². The molecule has 0 saturated carbocycles. The Bertz CT molecular complexity index is 364. The molecular formula is C15H26N2O. The third kappa shape index (κ3) is 4.22. The summed E-state index contributed by atoms with van der Waals surface area (Å²) in [7, 11) is 3.83. The zero-order valence-corrected chi connectivity index (χ0v) is 12.1. The molecule has 1 aromatic carbocycles. The Balaban J connectivity index is 2.72. The number of rotatable bonds is 7. The van der Waals surface area contributed by atoms with Crippen molar-refractivity contribution in [2.75, 3.05) is 25.6 Å². The number of nitrogens with zero attached hydrogens (tertiary/aromatic N) is 1. The summed E-state index contributed by atoms with van der Waals surface area (Å²) in [5, 5.41) is 0. The zero-order chi connectivity index (χ0) is 13.5. The minimum absolute atomic E-state index is 0.280. The molecule has 18 heavy (non-hydrogen) atoms. The quantitative estimate of drug-likeness (QED) is 0.808. The summed E-state index contributed by atoms with van der Waals surface area (Å²) in [4.78, 5) is 2.25. The van der Waals surface area contributed by atoms with Gasteiger partial charge in [0.2, 0.25) is 0 Å². The number of nitrogens with two attached hydrogens (primary N) is 1. The number of methoxy groups -OCH3 is 1. The Morgan fingerprint density at radius 2 is 2.11 bits per heavy atom. The van der Waals surface area contributed by atoms with Crippen LogP contribution in [0.2, 0.25) is 0 Å². The molecule has 0 aliphatic rings. The van der Waals surface area contributed by atoms with Gasteiger partial charge in [0.15, 0.2) is 0 Å². The highest BCUT2D eigenvalue weighted by Gasteiger charge is 2.09. The molecule has 1 aromatic rings. The third-order valence-corrected chi connectivity index (χ3v) is 3.22. The van der Waals surface area contributed by atoms with Crippen molar-refractivity contribution in [3.05, 3.63) is 23.8 Å². The van der Waals surface area contributed by atoms with E-state index in [1.807, 2.05) is 0 Å². The Hall–Kier alpha value is -1.22. The summed E-state index contributed by atoms with van der Waals surface area (Å²) in [6.07, 6.45) is 3.21. The largest absolute Gasteiger partial charge is 0.495 e. The molecule has 1 rings (SSSR count). The summed E-state index contributed by atoms with van der Waals surface area (Å²) in [5.41, 5.74) is 8.28. The normalized spacial score (nSPS) is 12.3. The lowest BCUT2D eigenvalue weighted by Gasteiger charge is -2.23.